The van der Waals surface area contributed by atoms with Gasteiger partial charge in [-0.05, 0) is 32.2 Å². The van der Waals surface area contributed by atoms with E-state index >= 15 is 0 Å². The standard InChI is InChI=1S/C13H19BrN2O2/c1-9(15-2)11-8-10(14)4-5-12(11)18-7-6-13(17)16-3/h4-5,8-9,15H,6-7H2,1-3H3,(H,16,17). The minimum atomic E-state index is -0.0182. The number of halogens is 1. The molecule has 0 bridgehead atoms. The molecule has 0 saturated heterocycles. The molecule has 5 heteroatoms. The predicted octanol–water partition coefficient (Wildman–Crippen LogP) is 2.24. The summed E-state index contributed by atoms with van der Waals surface area (Å²) in [6.45, 7) is 2.44. The monoisotopic (exact) mass is 314 g/mol. The molecule has 1 amide bonds. The van der Waals surface area contributed by atoms with Crippen LogP contribution in [0.4, 0.5) is 0 Å². The van der Waals surface area contributed by atoms with Crippen LogP contribution in [0.15, 0.2) is 22.7 Å². The molecule has 0 aliphatic heterocycles. The van der Waals surface area contributed by atoms with E-state index in [4.69, 9.17) is 4.74 Å². The average molecular weight is 315 g/mol. The van der Waals surface area contributed by atoms with Crippen molar-refractivity contribution >= 4 is 21.8 Å². The topological polar surface area (TPSA) is 50.4 Å². The molecule has 0 radical (unpaired) electrons. The van der Waals surface area contributed by atoms with Crippen LogP contribution in [-0.4, -0.2) is 26.6 Å². The highest BCUT2D eigenvalue weighted by molar-refractivity contribution is 9.10. The van der Waals surface area contributed by atoms with E-state index < -0.39 is 0 Å². The molecule has 4 nitrogen and oxygen atoms in total. The van der Waals surface area contributed by atoms with Crippen LogP contribution in [0.25, 0.3) is 0 Å². The van der Waals surface area contributed by atoms with Gasteiger partial charge in [0.15, 0.2) is 0 Å². The van der Waals surface area contributed by atoms with Gasteiger partial charge in [0.25, 0.3) is 0 Å². The summed E-state index contributed by atoms with van der Waals surface area (Å²) >= 11 is 3.45. The second-order valence-corrected chi connectivity index (χ2v) is 4.88. The third-order valence-corrected chi connectivity index (χ3v) is 3.23. The Balaban J connectivity index is 2.72. The molecule has 1 atom stereocenters. The second kappa shape index (κ2) is 7.38. The zero-order chi connectivity index (χ0) is 13.5. The molecule has 100 valence electrons. The lowest BCUT2D eigenvalue weighted by Crippen LogP contribution is -2.20. The highest BCUT2D eigenvalue weighted by atomic mass is 79.9. The largest absolute Gasteiger partial charge is 0.493 e. The van der Waals surface area contributed by atoms with E-state index in [2.05, 4.69) is 33.5 Å². The fourth-order valence-electron chi connectivity index (χ4n) is 1.52. The Morgan fingerprint density at radius 1 is 1.44 bits per heavy atom. The van der Waals surface area contributed by atoms with Crippen LogP contribution >= 0.6 is 15.9 Å². The lowest BCUT2D eigenvalue weighted by Gasteiger charge is -2.16. The van der Waals surface area contributed by atoms with Crippen molar-refractivity contribution < 1.29 is 9.53 Å². The summed E-state index contributed by atoms with van der Waals surface area (Å²) in [5, 5.41) is 5.75. The van der Waals surface area contributed by atoms with Crippen molar-refractivity contribution in [3.05, 3.63) is 28.2 Å². The maximum atomic E-state index is 11.1. The molecule has 1 aromatic carbocycles. The summed E-state index contributed by atoms with van der Waals surface area (Å²) in [4.78, 5) is 11.1. The number of hydrogen-bond donors (Lipinski definition) is 2. The van der Waals surface area contributed by atoms with Gasteiger partial charge >= 0.3 is 0 Å². The first-order valence-electron chi connectivity index (χ1n) is 5.88. The van der Waals surface area contributed by atoms with Crippen molar-refractivity contribution in [1.29, 1.82) is 0 Å². The smallest absolute Gasteiger partial charge is 0.223 e. The van der Waals surface area contributed by atoms with Gasteiger partial charge in [0.05, 0.1) is 13.0 Å². The van der Waals surface area contributed by atoms with Crippen LogP contribution in [-0.2, 0) is 4.79 Å². The summed E-state index contributed by atoms with van der Waals surface area (Å²) in [6.07, 6.45) is 0.361. The molecular formula is C13H19BrN2O2. The Morgan fingerprint density at radius 2 is 2.17 bits per heavy atom. The third kappa shape index (κ3) is 4.31. The third-order valence-electron chi connectivity index (χ3n) is 2.74. The Labute approximate surface area is 116 Å². The van der Waals surface area contributed by atoms with Gasteiger partial charge in [-0.3, -0.25) is 4.79 Å². The fourth-order valence-corrected chi connectivity index (χ4v) is 1.90. The van der Waals surface area contributed by atoms with Crippen LogP contribution in [0.1, 0.15) is 24.9 Å². The molecule has 2 N–H and O–H groups in total. The van der Waals surface area contributed by atoms with Crippen molar-refractivity contribution in [3.63, 3.8) is 0 Å². The zero-order valence-electron chi connectivity index (χ0n) is 10.9. The number of benzene rings is 1. The molecule has 18 heavy (non-hydrogen) atoms. The number of carbonyl (C=O) groups is 1. The van der Waals surface area contributed by atoms with Gasteiger partial charge < -0.3 is 15.4 Å². The van der Waals surface area contributed by atoms with E-state index in [0.29, 0.717) is 13.0 Å². The van der Waals surface area contributed by atoms with Crippen molar-refractivity contribution in [3.8, 4) is 5.75 Å². The quantitative estimate of drug-likeness (QED) is 0.846. The maximum absolute atomic E-state index is 11.1. The molecule has 0 aliphatic carbocycles. The zero-order valence-corrected chi connectivity index (χ0v) is 12.5. The SMILES string of the molecule is CNC(=O)CCOc1ccc(Br)cc1C(C)NC. The average Bonchev–Trinajstić information content (AvgIpc) is 2.39. The van der Waals surface area contributed by atoms with Crippen LogP contribution in [0.3, 0.4) is 0 Å². The van der Waals surface area contributed by atoms with E-state index in [1.54, 1.807) is 7.05 Å². The molecule has 1 unspecified atom stereocenters. The minimum absolute atomic E-state index is 0.0182. The lowest BCUT2D eigenvalue weighted by atomic mass is 10.1. The van der Waals surface area contributed by atoms with E-state index in [-0.39, 0.29) is 11.9 Å². The van der Waals surface area contributed by atoms with Gasteiger partial charge in [0.2, 0.25) is 5.91 Å². The Hall–Kier alpha value is -1.07. The number of hydrogen-bond acceptors (Lipinski definition) is 3. The van der Waals surface area contributed by atoms with Crippen molar-refractivity contribution in [1.82, 2.24) is 10.6 Å². The van der Waals surface area contributed by atoms with E-state index in [9.17, 15) is 4.79 Å². The van der Waals surface area contributed by atoms with E-state index in [1.165, 1.54) is 0 Å². The lowest BCUT2D eigenvalue weighted by molar-refractivity contribution is -0.121. The first-order valence-corrected chi connectivity index (χ1v) is 6.68. The van der Waals surface area contributed by atoms with Gasteiger partial charge in [0.1, 0.15) is 5.75 Å². The van der Waals surface area contributed by atoms with Crippen molar-refractivity contribution in [2.45, 2.75) is 19.4 Å². The first-order chi connectivity index (χ1) is 8.58. The van der Waals surface area contributed by atoms with Crippen LogP contribution in [0.5, 0.6) is 5.75 Å². The highest BCUT2D eigenvalue weighted by Crippen LogP contribution is 2.28. The molecule has 1 rings (SSSR count). The normalized spacial score (nSPS) is 12.0. The Kier molecular flexibility index (Phi) is 6.15. The number of nitrogens with one attached hydrogen (secondary N) is 2. The van der Waals surface area contributed by atoms with Crippen molar-refractivity contribution in [2.75, 3.05) is 20.7 Å². The van der Waals surface area contributed by atoms with Gasteiger partial charge in [0, 0.05) is 23.1 Å². The van der Waals surface area contributed by atoms with Crippen LogP contribution < -0.4 is 15.4 Å². The molecule has 0 saturated carbocycles. The minimum Gasteiger partial charge on any atom is -0.493 e. The van der Waals surface area contributed by atoms with Gasteiger partial charge in [-0.1, -0.05) is 15.9 Å². The van der Waals surface area contributed by atoms with Gasteiger partial charge in [-0.15, -0.1) is 0 Å². The van der Waals surface area contributed by atoms with E-state index in [1.807, 2.05) is 25.2 Å². The summed E-state index contributed by atoms with van der Waals surface area (Å²) in [5.74, 6) is 0.791. The summed E-state index contributed by atoms with van der Waals surface area (Å²) in [6, 6.07) is 6.06. The molecule has 0 aromatic heterocycles. The number of rotatable bonds is 6. The molecule has 0 spiro atoms. The second-order valence-electron chi connectivity index (χ2n) is 3.96. The summed E-state index contributed by atoms with van der Waals surface area (Å²) in [7, 11) is 3.52. The van der Waals surface area contributed by atoms with Crippen LogP contribution in [0.2, 0.25) is 0 Å². The summed E-state index contributed by atoms with van der Waals surface area (Å²) in [5.41, 5.74) is 1.07. The fraction of sp³-hybridized carbons (Fsp3) is 0.462. The Bertz CT molecular complexity index is 410. The van der Waals surface area contributed by atoms with Gasteiger partial charge in [-0.25, -0.2) is 0 Å². The van der Waals surface area contributed by atoms with Crippen LogP contribution in [0, 0.1) is 0 Å². The molecule has 1 aromatic rings. The first kappa shape index (κ1) is 15.0. The maximum Gasteiger partial charge on any atom is 0.223 e. The molecule has 0 fully saturated rings. The molecule has 0 heterocycles. The molecule has 0 aliphatic rings. The number of amides is 1. The van der Waals surface area contributed by atoms with Crippen molar-refractivity contribution in [2.24, 2.45) is 0 Å². The van der Waals surface area contributed by atoms with E-state index in [0.717, 1.165) is 15.8 Å². The number of ether oxygens (including phenoxy) is 1. The molecular weight excluding hydrogens is 296 g/mol. The summed E-state index contributed by atoms with van der Waals surface area (Å²) < 4.78 is 6.68. The Morgan fingerprint density at radius 3 is 2.78 bits per heavy atom. The number of carbonyl (C=O) groups excluding carboxylic acids is 1. The highest BCUT2D eigenvalue weighted by Gasteiger charge is 2.11. The van der Waals surface area contributed by atoms with Gasteiger partial charge in [-0.2, -0.15) is 0 Å². The predicted molar refractivity (Wildman–Crippen MR) is 75.8 cm³/mol.